The van der Waals surface area contributed by atoms with Crippen molar-refractivity contribution in [3.63, 3.8) is 0 Å². The summed E-state index contributed by atoms with van der Waals surface area (Å²) in [5.41, 5.74) is 9.72. The molecule has 2 aromatic rings. The Hall–Kier alpha value is -1.87. The summed E-state index contributed by atoms with van der Waals surface area (Å²) in [5, 5.41) is 0. The lowest BCUT2D eigenvalue weighted by Gasteiger charge is -2.19. The Bertz CT molecular complexity index is 526. The second-order valence-electron chi connectivity index (χ2n) is 4.65. The maximum absolute atomic E-state index is 5.67. The van der Waals surface area contributed by atoms with Crippen LogP contribution in [0.2, 0.25) is 0 Å². The van der Waals surface area contributed by atoms with Gasteiger partial charge in [0.15, 0.2) is 0 Å². The van der Waals surface area contributed by atoms with Crippen molar-refractivity contribution in [1.82, 2.24) is 4.98 Å². The number of pyridine rings is 1. The van der Waals surface area contributed by atoms with Crippen LogP contribution in [0.4, 0.5) is 5.82 Å². The van der Waals surface area contributed by atoms with Gasteiger partial charge < -0.3 is 10.6 Å². The molecule has 0 saturated carbocycles. The summed E-state index contributed by atoms with van der Waals surface area (Å²) in [5.74, 6) is 1.08. The topological polar surface area (TPSA) is 42.1 Å². The standard InChI is InChI=1S/C15H17N3/c16-8-7-12-6-3-9-17-15(12)18-10-13-4-1-2-5-14(13)11-18/h1-6,9H,7-8,10-11,16H2. The molecule has 0 unspecified atom stereocenters. The van der Waals surface area contributed by atoms with Crippen molar-refractivity contribution in [1.29, 1.82) is 0 Å². The van der Waals surface area contributed by atoms with Crippen LogP contribution in [0.1, 0.15) is 16.7 Å². The van der Waals surface area contributed by atoms with Crippen LogP contribution in [0.3, 0.4) is 0 Å². The summed E-state index contributed by atoms with van der Waals surface area (Å²) in [6, 6.07) is 12.7. The molecule has 3 nitrogen and oxygen atoms in total. The zero-order chi connectivity index (χ0) is 12.4. The first kappa shape index (κ1) is 11.2. The van der Waals surface area contributed by atoms with Gasteiger partial charge in [0.2, 0.25) is 0 Å². The molecule has 0 atom stereocenters. The molecule has 3 heteroatoms. The Morgan fingerprint density at radius 1 is 1.06 bits per heavy atom. The van der Waals surface area contributed by atoms with Crippen molar-refractivity contribution < 1.29 is 0 Å². The number of nitrogens with two attached hydrogens (primary N) is 1. The third-order valence-electron chi connectivity index (χ3n) is 3.42. The highest BCUT2D eigenvalue weighted by Crippen LogP contribution is 2.28. The van der Waals surface area contributed by atoms with Crippen LogP contribution in [0, 0.1) is 0 Å². The van der Waals surface area contributed by atoms with E-state index in [0.29, 0.717) is 6.54 Å². The third-order valence-corrected chi connectivity index (χ3v) is 3.42. The van der Waals surface area contributed by atoms with E-state index in [-0.39, 0.29) is 0 Å². The van der Waals surface area contributed by atoms with Gasteiger partial charge in [0.25, 0.3) is 0 Å². The highest BCUT2D eigenvalue weighted by molar-refractivity contribution is 5.52. The van der Waals surface area contributed by atoms with Crippen molar-refractivity contribution in [3.05, 3.63) is 59.3 Å². The van der Waals surface area contributed by atoms with Crippen LogP contribution < -0.4 is 10.6 Å². The molecular formula is C15H17N3. The molecule has 0 amide bonds. The Labute approximate surface area is 107 Å². The Kier molecular flexibility index (Phi) is 2.99. The highest BCUT2D eigenvalue weighted by Gasteiger charge is 2.21. The normalized spacial score (nSPS) is 13.7. The highest BCUT2D eigenvalue weighted by atomic mass is 15.2. The number of aromatic nitrogens is 1. The molecule has 92 valence electrons. The van der Waals surface area contributed by atoms with Gasteiger partial charge in [-0.15, -0.1) is 0 Å². The van der Waals surface area contributed by atoms with E-state index in [4.69, 9.17) is 5.73 Å². The number of hydrogen-bond donors (Lipinski definition) is 1. The van der Waals surface area contributed by atoms with Gasteiger partial charge in [0.1, 0.15) is 5.82 Å². The van der Waals surface area contributed by atoms with Crippen LogP contribution in [-0.4, -0.2) is 11.5 Å². The molecule has 0 saturated heterocycles. The summed E-state index contributed by atoms with van der Waals surface area (Å²) in [7, 11) is 0. The van der Waals surface area contributed by atoms with Crippen LogP contribution >= 0.6 is 0 Å². The number of hydrogen-bond acceptors (Lipinski definition) is 3. The lowest BCUT2D eigenvalue weighted by Crippen LogP contribution is -2.19. The van der Waals surface area contributed by atoms with Gasteiger partial charge in [0, 0.05) is 19.3 Å². The summed E-state index contributed by atoms with van der Waals surface area (Å²) in [6.45, 7) is 2.56. The summed E-state index contributed by atoms with van der Waals surface area (Å²) < 4.78 is 0. The Morgan fingerprint density at radius 2 is 1.78 bits per heavy atom. The number of anilines is 1. The molecule has 3 rings (SSSR count). The van der Waals surface area contributed by atoms with Crippen LogP contribution in [0.15, 0.2) is 42.6 Å². The van der Waals surface area contributed by atoms with Crippen molar-refractivity contribution in [2.24, 2.45) is 5.73 Å². The molecule has 1 aromatic heterocycles. The molecule has 1 aliphatic rings. The zero-order valence-corrected chi connectivity index (χ0v) is 10.3. The molecule has 2 heterocycles. The van der Waals surface area contributed by atoms with E-state index in [2.05, 4.69) is 40.2 Å². The van der Waals surface area contributed by atoms with E-state index in [1.54, 1.807) is 0 Å². The number of benzene rings is 1. The van der Waals surface area contributed by atoms with E-state index in [1.165, 1.54) is 16.7 Å². The van der Waals surface area contributed by atoms with E-state index in [9.17, 15) is 0 Å². The lowest BCUT2D eigenvalue weighted by atomic mass is 10.1. The SMILES string of the molecule is NCCc1cccnc1N1Cc2ccccc2C1. The van der Waals surface area contributed by atoms with Crippen molar-refractivity contribution in [2.75, 3.05) is 11.4 Å². The molecule has 1 aromatic carbocycles. The minimum absolute atomic E-state index is 0.666. The third kappa shape index (κ3) is 1.97. The van der Waals surface area contributed by atoms with Crippen molar-refractivity contribution in [2.45, 2.75) is 19.5 Å². The minimum Gasteiger partial charge on any atom is -0.348 e. The predicted octanol–water partition coefficient (Wildman–Crippen LogP) is 2.10. The largest absolute Gasteiger partial charge is 0.348 e. The monoisotopic (exact) mass is 239 g/mol. The van der Waals surface area contributed by atoms with Crippen molar-refractivity contribution >= 4 is 5.82 Å². The minimum atomic E-state index is 0.666. The van der Waals surface area contributed by atoms with Gasteiger partial charge in [-0.3, -0.25) is 0 Å². The van der Waals surface area contributed by atoms with Crippen molar-refractivity contribution in [3.8, 4) is 0 Å². The number of nitrogens with zero attached hydrogens (tertiary/aromatic N) is 2. The molecule has 0 radical (unpaired) electrons. The van der Waals surface area contributed by atoms with Crippen LogP contribution in [0.25, 0.3) is 0 Å². The first-order chi connectivity index (χ1) is 8.88. The zero-order valence-electron chi connectivity index (χ0n) is 10.3. The maximum atomic E-state index is 5.67. The van der Waals surface area contributed by atoms with E-state index in [1.807, 2.05) is 12.3 Å². The van der Waals surface area contributed by atoms with Gasteiger partial charge in [-0.1, -0.05) is 30.3 Å². The fraction of sp³-hybridized carbons (Fsp3) is 0.267. The van der Waals surface area contributed by atoms with Gasteiger partial charge in [0.05, 0.1) is 0 Å². The Morgan fingerprint density at radius 3 is 2.44 bits per heavy atom. The van der Waals surface area contributed by atoms with Crippen LogP contribution in [0.5, 0.6) is 0 Å². The Balaban J connectivity index is 1.90. The lowest BCUT2D eigenvalue weighted by molar-refractivity contribution is 0.834. The van der Waals surface area contributed by atoms with E-state index >= 15 is 0 Å². The summed E-state index contributed by atoms with van der Waals surface area (Å²) in [6.07, 6.45) is 2.74. The fourth-order valence-electron chi connectivity index (χ4n) is 2.55. The maximum Gasteiger partial charge on any atom is 0.132 e. The van der Waals surface area contributed by atoms with Gasteiger partial charge >= 0.3 is 0 Å². The average molecular weight is 239 g/mol. The van der Waals surface area contributed by atoms with Gasteiger partial charge in [-0.05, 0) is 35.7 Å². The first-order valence-corrected chi connectivity index (χ1v) is 6.34. The summed E-state index contributed by atoms with van der Waals surface area (Å²) >= 11 is 0. The number of rotatable bonds is 3. The second kappa shape index (κ2) is 4.78. The smallest absolute Gasteiger partial charge is 0.132 e. The molecule has 18 heavy (non-hydrogen) atoms. The summed E-state index contributed by atoms with van der Waals surface area (Å²) in [4.78, 5) is 6.86. The molecule has 0 aliphatic carbocycles. The molecule has 2 N–H and O–H groups in total. The molecular weight excluding hydrogens is 222 g/mol. The molecule has 1 aliphatic heterocycles. The predicted molar refractivity (Wildman–Crippen MR) is 73.3 cm³/mol. The van der Waals surface area contributed by atoms with E-state index < -0.39 is 0 Å². The van der Waals surface area contributed by atoms with Gasteiger partial charge in [-0.2, -0.15) is 0 Å². The first-order valence-electron chi connectivity index (χ1n) is 6.34. The molecule has 0 bridgehead atoms. The molecule has 0 spiro atoms. The molecule has 0 fully saturated rings. The van der Waals surface area contributed by atoms with Gasteiger partial charge in [-0.25, -0.2) is 4.98 Å². The van der Waals surface area contributed by atoms with E-state index in [0.717, 1.165) is 25.3 Å². The average Bonchev–Trinajstić information content (AvgIpc) is 2.83. The van der Waals surface area contributed by atoms with Crippen LogP contribution in [-0.2, 0) is 19.5 Å². The fourth-order valence-corrected chi connectivity index (χ4v) is 2.55. The quantitative estimate of drug-likeness (QED) is 0.892. The second-order valence-corrected chi connectivity index (χ2v) is 4.65. The number of fused-ring (bicyclic) bond motifs is 1.